The fraction of sp³-hybridized carbons (Fsp3) is 0.0909. The molecule has 4 aromatic rings. The maximum atomic E-state index is 13.3. The van der Waals surface area contributed by atoms with Crippen LogP contribution < -0.4 is 10.6 Å². The van der Waals surface area contributed by atoms with Gasteiger partial charge < -0.3 is 10.8 Å². The van der Waals surface area contributed by atoms with Gasteiger partial charge in [0.05, 0.1) is 11.3 Å². The zero-order valence-electron chi connectivity index (χ0n) is 16.2. The molecule has 5 nitrogen and oxygen atoms in total. The van der Waals surface area contributed by atoms with Crippen molar-refractivity contribution in [1.82, 2.24) is 0 Å². The largest absolute Gasteiger partial charge is 0.480 e. The predicted octanol–water partition coefficient (Wildman–Crippen LogP) is 5.96. The molecule has 164 valence electrons. The van der Waals surface area contributed by atoms with E-state index in [0.29, 0.717) is 5.39 Å². The van der Waals surface area contributed by atoms with E-state index in [4.69, 9.17) is 5.73 Å². The Morgan fingerprint density at radius 3 is 2.50 bits per heavy atom. The minimum Gasteiger partial charge on any atom is -0.480 e. The normalized spacial score (nSPS) is 11.6. The highest BCUT2D eigenvalue weighted by molar-refractivity contribution is 7.21. The van der Waals surface area contributed by atoms with Gasteiger partial charge in [-0.05, 0) is 41.3 Å². The fourth-order valence-corrected chi connectivity index (χ4v) is 5.09. The molecule has 0 radical (unpaired) electrons. The first-order valence-electron chi connectivity index (χ1n) is 9.22. The lowest BCUT2D eigenvalue weighted by Crippen LogP contribution is -2.35. The van der Waals surface area contributed by atoms with Crippen LogP contribution in [0.3, 0.4) is 0 Å². The van der Waals surface area contributed by atoms with Crippen molar-refractivity contribution in [2.75, 3.05) is 17.2 Å². The summed E-state index contributed by atoms with van der Waals surface area (Å²) in [6, 6.07) is 13.4. The highest BCUT2D eigenvalue weighted by Gasteiger charge is 2.32. The summed E-state index contributed by atoms with van der Waals surface area (Å²) < 4.78 is 40.1. The molecule has 3 N–H and O–H groups in total. The first-order chi connectivity index (χ1) is 15.1. The molecule has 4 rings (SSSR count). The Labute approximate surface area is 188 Å². The third-order valence-corrected chi connectivity index (χ3v) is 6.83. The van der Waals surface area contributed by atoms with Crippen LogP contribution in [0.25, 0.3) is 20.5 Å². The summed E-state index contributed by atoms with van der Waals surface area (Å²) in [7, 11) is 0. The number of carbonyl (C=O) groups is 2. The van der Waals surface area contributed by atoms with E-state index in [-0.39, 0.29) is 16.3 Å². The van der Waals surface area contributed by atoms with Gasteiger partial charge in [-0.1, -0.05) is 24.3 Å². The zero-order valence-corrected chi connectivity index (χ0v) is 17.9. The maximum Gasteiger partial charge on any atom is 0.416 e. The Morgan fingerprint density at radius 1 is 1.06 bits per heavy atom. The molecular weight excluding hydrogens is 461 g/mol. The van der Waals surface area contributed by atoms with Crippen molar-refractivity contribution in [2.24, 2.45) is 0 Å². The van der Waals surface area contributed by atoms with Crippen molar-refractivity contribution in [3.8, 4) is 10.4 Å². The number of thiophene rings is 2. The number of anilines is 2. The number of halogens is 3. The van der Waals surface area contributed by atoms with E-state index in [2.05, 4.69) is 0 Å². The van der Waals surface area contributed by atoms with Gasteiger partial charge in [0.15, 0.2) is 0 Å². The van der Waals surface area contributed by atoms with Gasteiger partial charge in [-0.3, -0.25) is 14.5 Å². The van der Waals surface area contributed by atoms with Crippen LogP contribution in [-0.4, -0.2) is 23.5 Å². The fourth-order valence-electron chi connectivity index (χ4n) is 3.26. The number of amides is 1. The molecular formula is C22H15F3N2O3S2. The second kappa shape index (κ2) is 8.29. The lowest BCUT2D eigenvalue weighted by atomic mass is 10.1. The van der Waals surface area contributed by atoms with Crippen LogP contribution >= 0.6 is 22.7 Å². The van der Waals surface area contributed by atoms with Crippen LogP contribution in [-0.2, 0) is 11.0 Å². The van der Waals surface area contributed by atoms with Crippen LogP contribution in [0.1, 0.15) is 15.2 Å². The second-order valence-electron chi connectivity index (χ2n) is 6.87. The Bertz CT molecular complexity index is 1310. The van der Waals surface area contributed by atoms with Gasteiger partial charge in [-0.25, -0.2) is 0 Å². The minimum absolute atomic E-state index is 0.0713. The van der Waals surface area contributed by atoms with E-state index in [1.165, 1.54) is 6.07 Å². The molecule has 0 saturated carbocycles. The van der Waals surface area contributed by atoms with E-state index in [1.807, 2.05) is 29.6 Å². The molecule has 2 aromatic heterocycles. The van der Waals surface area contributed by atoms with Gasteiger partial charge in [-0.15, -0.1) is 22.7 Å². The van der Waals surface area contributed by atoms with Crippen molar-refractivity contribution < 1.29 is 27.9 Å². The Hall–Kier alpha value is -3.37. The van der Waals surface area contributed by atoms with Crippen molar-refractivity contribution in [3.63, 3.8) is 0 Å². The van der Waals surface area contributed by atoms with Gasteiger partial charge in [0.1, 0.15) is 11.4 Å². The highest BCUT2D eigenvalue weighted by Crippen LogP contribution is 2.39. The number of hydrogen-bond acceptors (Lipinski definition) is 5. The van der Waals surface area contributed by atoms with Gasteiger partial charge in [-0.2, -0.15) is 13.2 Å². The van der Waals surface area contributed by atoms with Crippen LogP contribution in [0.4, 0.5) is 24.5 Å². The van der Waals surface area contributed by atoms with Crippen molar-refractivity contribution in [3.05, 3.63) is 70.4 Å². The van der Waals surface area contributed by atoms with E-state index >= 15 is 0 Å². The first-order valence-corrected chi connectivity index (χ1v) is 10.9. The van der Waals surface area contributed by atoms with Crippen LogP contribution in [0.5, 0.6) is 0 Å². The van der Waals surface area contributed by atoms with Crippen LogP contribution in [0.15, 0.2) is 60.0 Å². The van der Waals surface area contributed by atoms with Crippen molar-refractivity contribution in [1.29, 1.82) is 0 Å². The molecule has 1 amide bonds. The molecule has 0 bridgehead atoms. The average molecular weight is 477 g/mol. The smallest absolute Gasteiger partial charge is 0.416 e. The third kappa shape index (κ3) is 4.19. The number of nitrogens with two attached hydrogens (primary N) is 1. The van der Waals surface area contributed by atoms with Crippen LogP contribution in [0, 0.1) is 0 Å². The zero-order chi connectivity index (χ0) is 23.0. The summed E-state index contributed by atoms with van der Waals surface area (Å²) in [4.78, 5) is 26.5. The number of hydrogen-bond donors (Lipinski definition) is 2. The van der Waals surface area contributed by atoms with E-state index in [1.54, 1.807) is 17.4 Å². The molecule has 0 saturated heterocycles. The van der Waals surface area contributed by atoms with Gasteiger partial charge >= 0.3 is 12.1 Å². The van der Waals surface area contributed by atoms with Gasteiger partial charge in [0, 0.05) is 20.7 Å². The predicted molar refractivity (Wildman–Crippen MR) is 120 cm³/mol. The number of fused-ring (bicyclic) bond motifs is 1. The number of carboxylic acid groups (broad SMARTS) is 1. The number of benzene rings is 2. The third-order valence-electron chi connectivity index (χ3n) is 4.75. The van der Waals surface area contributed by atoms with E-state index in [0.717, 1.165) is 49.6 Å². The topological polar surface area (TPSA) is 83.6 Å². The Balaban J connectivity index is 1.77. The summed E-state index contributed by atoms with van der Waals surface area (Å²) in [5.74, 6) is -2.14. The maximum absolute atomic E-state index is 13.3. The van der Waals surface area contributed by atoms with Crippen molar-refractivity contribution >= 4 is 56.0 Å². The summed E-state index contributed by atoms with van der Waals surface area (Å²) >= 11 is 2.63. The molecule has 2 aromatic carbocycles. The van der Waals surface area contributed by atoms with Crippen LogP contribution in [0.2, 0.25) is 0 Å². The summed E-state index contributed by atoms with van der Waals surface area (Å²) in [5.41, 5.74) is 6.13. The lowest BCUT2D eigenvalue weighted by Gasteiger charge is -2.21. The highest BCUT2D eigenvalue weighted by atomic mass is 32.1. The molecule has 0 aliphatic rings. The number of nitrogens with zero attached hydrogens (tertiary/aromatic N) is 1. The average Bonchev–Trinajstić information content (AvgIpc) is 3.39. The number of alkyl halides is 3. The summed E-state index contributed by atoms with van der Waals surface area (Å²) in [5, 5.41) is 11.8. The quantitative estimate of drug-likeness (QED) is 0.372. The number of rotatable bonds is 5. The van der Waals surface area contributed by atoms with Gasteiger partial charge in [0.25, 0.3) is 5.91 Å². The molecule has 2 heterocycles. The standard InChI is InChI=1S/C22H15F3N2O3S2/c23-22(24,25)13-3-1-4-14(10-13)27(11-18(28)29)21(30)20-19(26)15-7-6-12(9-17(15)32-20)16-5-2-8-31-16/h1-10H,11,26H2,(H,28,29). The van der Waals surface area contributed by atoms with E-state index < -0.39 is 30.2 Å². The molecule has 0 unspecified atom stereocenters. The summed E-state index contributed by atoms with van der Waals surface area (Å²) in [6.07, 6.45) is -4.64. The molecule has 0 fully saturated rings. The SMILES string of the molecule is Nc1c(C(=O)N(CC(=O)O)c2cccc(C(F)(F)F)c2)sc2cc(-c3cccs3)ccc12. The molecule has 0 spiro atoms. The number of aliphatic carboxylic acids is 1. The number of carboxylic acids is 1. The Morgan fingerprint density at radius 2 is 1.84 bits per heavy atom. The second-order valence-corrected chi connectivity index (χ2v) is 8.87. The molecule has 10 heteroatoms. The lowest BCUT2D eigenvalue weighted by molar-refractivity contribution is -0.137. The molecule has 0 aliphatic heterocycles. The first kappa shape index (κ1) is 21.8. The monoisotopic (exact) mass is 476 g/mol. The Kier molecular flexibility index (Phi) is 5.66. The van der Waals surface area contributed by atoms with Gasteiger partial charge in [0.2, 0.25) is 0 Å². The minimum atomic E-state index is -4.64. The summed E-state index contributed by atoms with van der Waals surface area (Å²) in [6.45, 7) is -0.811. The molecule has 32 heavy (non-hydrogen) atoms. The van der Waals surface area contributed by atoms with Crippen molar-refractivity contribution in [2.45, 2.75) is 6.18 Å². The molecule has 0 atom stereocenters. The van der Waals surface area contributed by atoms with E-state index in [9.17, 15) is 27.9 Å². The number of carbonyl (C=O) groups excluding carboxylic acids is 1. The molecule has 0 aliphatic carbocycles. The number of nitrogen functional groups attached to an aromatic ring is 1.